The van der Waals surface area contributed by atoms with Gasteiger partial charge in [0.05, 0.1) is 44.7 Å². The van der Waals surface area contributed by atoms with Gasteiger partial charge in [-0.2, -0.15) is 5.26 Å². The normalized spacial score (nSPS) is 12.6. The van der Waals surface area contributed by atoms with Crippen molar-refractivity contribution in [1.82, 2.24) is 0 Å². The molecule has 4 aromatic rings. The van der Waals surface area contributed by atoms with Crippen LogP contribution < -0.4 is 9.04 Å². The fourth-order valence-corrected chi connectivity index (χ4v) is 5.64. The second-order valence-electron chi connectivity index (χ2n) is 10.8. The van der Waals surface area contributed by atoms with E-state index in [9.17, 15) is 18.8 Å². The first-order chi connectivity index (χ1) is 19.0. The lowest BCUT2D eigenvalue weighted by molar-refractivity contribution is -0.893. The van der Waals surface area contributed by atoms with Gasteiger partial charge in [0.15, 0.2) is 0 Å². The van der Waals surface area contributed by atoms with Gasteiger partial charge in [-0.1, -0.05) is 72.8 Å². The maximum atomic E-state index is 12.5. The lowest BCUT2D eigenvalue weighted by atomic mass is 10.0. The molecule has 0 aliphatic heterocycles. The number of hydrogen-bond donors (Lipinski definition) is 1. The molecular weight excluding hydrogens is 522 g/mol. The Morgan fingerprint density at radius 2 is 1.62 bits per heavy atom. The van der Waals surface area contributed by atoms with Crippen LogP contribution in [-0.2, 0) is 23.0 Å². The highest BCUT2D eigenvalue weighted by atomic mass is 32.2. The largest absolute Gasteiger partial charge is 0.489 e. The fourth-order valence-electron chi connectivity index (χ4n) is 4.76. The van der Waals surface area contributed by atoms with Gasteiger partial charge in [-0.3, -0.25) is 4.31 Å². The van der Waals surface area contributed by atoms with Crippen molar-refractivity contribution >= 4 is 26.5 Å². The number of aliphatic hydroxyl groups is 1. The summed E-state index contributed by atoms with van der Waals surface area (Å²) in [5, 5.41) is 22.9. The highest BCUT2D eigenvalue weighted by Gasteiger charge is 2.23. The molecule has 40 heavy (non-hydrogen) atoms. The summed E-state index contributed by atoms with van der Waals surface area (Å²) in [5.74, 6) is 0.305. The summed E-state index contributed by atoms with van der Waals surface area (Å²) in [6.45, 7) is 1.49. The van der Waals surface area contributed by atoms with E-state index in [1.807, 2.05) is 42.5 Å². The number of aliphatic hydroxyl groups excluding tert-OH is 1. The predicted molar refractivity (Wildman–Crippen MR) is 160 cm³/mol. The smallest absolute Gasteiger partial charge is 0.232 e. The quantitative estimate of drug-likeness (QED) is 0.254. The molecule has 4 rings (SSSR count). The number of ether oxygens (including phenoxy) is 1. The molecule has 0 heterocycles. The van der Waals surface area contributed by atoms with Gasteiger partial charge in [0.25, 0.3) is 0 Å². The van der Waals surface area contributed by atoms with Gasteiger partial charge < -0.3 is 14.3 Å². The van der Waals surface area contributed by atoms with E-state index in [-0.39, 0.29) is 18.7 Å². The van der Waals surface area contributed by atoms with Crippen molar-refractivity contribution < 1.29 is 22.7 Å². The highest BCUT2D eigenvalue weighted by molar-refractivity contribution is 7.92. The molecule has 7 nitrogen and oxygen atoms in total. The maximum Gasteiger partial charge on any atom is 0.232 e. The van der Waals surface area contributed by atoms with Crippen LogP contribution in [-0.4, -0.2) is 64.2 Å². The minimum absolute atomic E-state index is 0.0193. The van der Waals surface area contributed by atoms with Crippen LogP contribution in [0.25, 0.3) is 10.8 Å². The van der Waals surface area contributed by atoms with E-state index in [1.165, 1.54) is 26.7 Å². The Kier molecular flexibility index (Phi) is 9.10. The van der Waals surface area contributed by atoms with Gasteiger partial charge in [-0.15, -0.1) is 0 Å². The van der Waals surface area contributed by atoms with Crippen molar-refractivity contribution in [2.75, 3.05) is 44.4 Å². The Balaban J connectivity index is 1.37. The second kappa shape index (κ2) is 12.5. The van der Waals surface area contributed by atoms with Crippen LogP contribution in [0.1, 0.15) is 16.7 Å². The molecule has 0 bridgehead atoms. The van der Waals surface area contributed by atoms with Crippen LogP contribution in [0, 0.1) is 11.3 Å². The Labute approximate surface area is 237 Å². The van der Waals surface area contributed by atoms with Crippen molar-refractivity contribution in [3.05, 3.63) is 108 Å². The minimum Gasteiger partial charge on any atom is -0.489 e. The Morgan fingerprint density at radius 3 is 2.33 bits per heavy atom. The topological polar surface area (TPSA) is 90.6 Å². The van der Waals surface area contributed by atoms with Gasteiger partial charge >= 0.3 is 0 Å². The van der Waals surface area contributed by atoms with Crippen molar-refractivity contribution in [3.8, 4) is 11.8 Å². The summed E-state index contributed by atoms with van der Waals surface area (Å²) in [6.07, 6.45) is 1.28. The van der Waals surface area contributed by atoms with Gasteiger partial charge in [0, 0.05) is 6.42 Å². The zero-order valence-corrected chi connectivity index (χ0v) is 24.0. The van der Waals surface area contributed by atoms with Gasteiger partial charge in [0.1, 0.15) is 31.1 Å². The molecule has 8 heteroatoms. The first-order valence-electron chi connectivity index (χ1n) is 13.2. The van der Waals surface area contributed by atoms with E-state index in [1.54, 1.807) is 12.1 Å². The zero-order chi connectivity index (χ0) is 28.8. The third-order valence-corrected chi connectivity index (χ3v) is 8.04. The van der Waals surface area contributed by atoms with E-state index >= 15 is 0 Å². The average Bonchev–Trinajstić information content (AvgIpc) is 2.93. The summed E-state index contributed by atoms with van der Waals surface area (Å²) in [7, 11) is 0.556. The van der Waals surface area contributed by atoms with Gasteiger partial charge in [-0.25, -0.2) is 8.42 Å². The van der Waals surface area contributed by atoms with E-state index < -0.39 is 16.1 Å². The fraction of sp³-hybridized carbons (Fsp3) is 0.281. The van der Waals surface area contributed by atoms with Crippen molar-refractivity contribution in [2.24, 2.45) is 0 Å². The van der Waals surface area contributed by atoms with Crippen LogP contribution in [0.4, 0.5) is 5.69 Å². The molecule has 0 saturated heterocycles. The number of hydrogen-bond acceptors (Lipinski definition) is 5. The predicted octanol–water partition coefficient (Wildman–Crippen LogP) is 4.74. The third kappa shape index (κ3) is 7.82. The minimum atomic E-state index is -3.60. The molecule has 0 radical (unpaired) electrons. The van der Waals surface area contributed by atoms with Crippen LogP contribution in [0.15, 0.2) is 91.0 Å². The Bertz CT molecular complexity index is 1600. The van der Waals surface area contributed by atoms with Crippen molar-refractivity contribution in [1.29, 1.82) is 5.26 Å². The van der Waals surface area contributed by atoms with Crippen molar-refractivity contribution in [2.45, 2.75) is 19.1 Å². The van der Waals surface area contributed by atoms with Gasteiger partial charge in [0.2, 0.25) is 10.0 Å². The SMILES string of the molecule is C[N+](C)(CCc1ccc2ccccc2c1)C[C@@H](O)COc1ccc(N(Cc2ccccc2)S(C)(=O)=O)cc1C#N. The molecule has 0 fully saturated rings. The Hall–Kier alpha value is -3.90. The molecule has 0 aliphatic carbocycles. The molecule has 0 saturated carbocycles. The van der Waals surface area contributed by atoms with E-state index in [2.05, 4.69) is 50.5 Å². The van der Waals surface area contributed by atoms with E-state index in [4.69, 9.17) is 4.74 Å². The van der Waals surface area contributed by atoms with Crippen LogP contribution in [0.3, 0.4) is 0 Å². The summed E-state index contributed by atoms with van der Waals surface area (Å²) in [5.41, 5.74) is 2.67. The molecule has 208 valence electrons. The number of likely N-dealkylation sites (N-methyl/N-ethyl adjacent to an activating group) is 1. The molecule has 0 aliphatic rings. The third-order valence-electron chi connectivity index (χ3n) is 6.90. The summed E-state index contributed by atoms with van der Waals surface area (Å²) in [6, 6.07) is 30.9. The highest BCUT2D eigenvalue weighted by Crippen LogP contribution is 2.28. The standard InChI is InChI=1S/C32H36N3O4S/c1-35(2,18-17-25-13-14-27-11-7-8-12-28(27)19-25)23-31(36)24-39-32-16-15-30(20-29(32)21-33)34(40(3,37)38)22-26-9-5-4-6-10-26/h4-16,19-20,31,36H,17-18,22-24H2,1-3H3/q+1/t31-/m1/s1. The maximum absolute atomic E-state index is 12.5. The summed E-state index contributed by atoms with van der Waals surface area (Å²) >= 11 is 0. The van der Waals surface area contributed by atoms with Crippen molar-refractivity contribution in [3.63, 3.8) is 0 Å². The number of sulfonamides is 1. The lowest BCUT2D eigenvalue weighted by Gasteiger charge is -2.32. The molecule has 4 aromatic carbocycles. The van der Waals surface area contributed by atoms with Crippen LogP contribution >= 0.6 is 0 Å². The number of rotatable bonds is 12. The summed E-state index contributed by atoms with van der Waals surface area (Å²) < 4.78 is 32.8. The van der Waals surface area contributed by atoms with E-state index in [0.29, 0.717) is 22.5 Å². The molecule has 0 amide bonds. The molecule has 1 atom stereocenters. The molecular formula is C32H36N3O4S+. The molecule has 0 aromatic heterocycles. The van der Waals surface area contributed by atoms with Crippen LogP contribution in [0.5, 0.6) is 5.75 Å². The zero-order valence-electron chi connectivity index (χ0n) is 23.2. The first-order valence-corrected chi connectivity index (χ1v) is 15.1. The number of nitrogens with zero attached hydrogens (tertiary/aromatic N) is 3. The second-order valence-corrected chi connectivity index (χ2v) is 12.7. The number of quaternary nitrogens is 1. The molecule has 0 spiro atoms. The molecule has 1 N–H and O–H groups in total. The number of fused-ring (bicyclic) bond motifs is 1. The number of anilines is 1. The Morgan fingerprint density at radius 1 is 0.925 bits per heavy atom. The average molecular weight is 559 g/mol. The van der Waals surface area contributed by atoms with E-state index in [0.717, 1.165) is 24.8 Å². The summed E-state index contributed by atoms with van der Waals surface area (Å²) in [4.78, 5) is 0. The van der Waals surface area contributed by atoms with Crippen LogP contribution in [0.2, 0.25) is 0 Å². The molecule has 0 unspecified atom stereocenters. The monoisotopic (exact) mass is 558 g/mol. The first kappa shape index (κ1) is 29.1. The number of benzene rings is 4. The van der Waals surface area contributed by atoms with Gasteiger partial charge in [-0.05, 0) is 40.1 Å². The lowest BCUT2D eigenvalue weighted by Crippen LogP contribution is -2.48. The number of nitriles is 1.